The molecule has 1 saturated heterocycles. The average molecular weight is 510 g/mol. The van der Waals surface area contributed by atoms with E-state index in [2.05, 4.69) is 50.2 Å². The lowest BCUT2D eigenvalue weighted by Gasteiger charge is -2.39. The molecule has 2 N–H and O–H groups in total. The van der Waals surface area contributed by atoms with E-state index in [9.17, 15) is 0 Å². The Morgan fingerprint density at radius 3 is 2.59 bits per heavy atom. The number of rotatable bonds is 4. The molecule has 1 saturated carbocycles. The van der Waals surface area contributed by atoms with Crippen LogP contribution in [0.25, 0.3) is 5.65 Å². The van der Waals surface area contributed by atoms with Crippen molar-refractivity contribution in [2.75, 3.05) is 20.1 Å². The van der Waals surface area contributed by atoms with Crippen molar-refractivity contribution >= 4 is 35.6 Å². The smallest absolute Gasteiger partial charge is 0.191 e. The fraction of sp³-hybridized carbons (Fsp3) is 0.636. The summed E-state index contributed by atoms with van der Waals surface area (Å²) in [6.07, 6.45) is 11.6. The van der Waals surface area contributed by atoms with Crippen LogP contribution in [0.2, 0.25) is 0 Å². The number of nitrogens with one attached hydrogen (secondary N) is 2. The van der Waals surface area contributed by atoms with Crippen LogP contribution in [0.1, 0.15) is 56.3 Å². The summed E-state index contributed by atoms with van der Waals surface area (Å²) in [5.41, 5.74) is 3.22. The minimum Gasteiger partial charge on any atom is -0.354 e. The van der Waals surface area contributed by atoms with E-state index in [0.717, 1.165) is 23.3 Å². The molecule has 0 spiro atoms. The second kappa shape index (κ2) is 10.6. The number of nitrogens with zero attached hydrogens (tertiary/aromatic N) is 4. The monoisotopic (exact) mass is 510 g/mol. The molecule has 2 fully saturated rings. The zero-order valence-corrected chi connectivity index (χ0v) is 20.1. The van der Waals surface area contributed by atoms with Gasteiger partial charge in [-0.1, -0.05) is 25.3 Å². The largest absolute Gasteiger partial charge is 0.354 e. The van der Waals surface area contributed by atoms with Crippen LogP contribution in [0.4, 0.5) is 0 Å². The normalized spacial score (nSPS) is 19.9. The molecule has 0 amide bonds. The number of fused-ring (bicyclic) bond motifs is 1. The lowest BCUT2D eigenvalue weighted by Crippen LogP contribution is -2.50. The Morgan fingerprint density at radius 1 is 1.14 bits per heavy atom. The van der Waals surface area contributed by atoms with Crippen molar-refractivity contribution in [2.45, 2.75) is 70.5 Å². The van der Waals surface area contributed by atoms with Crippen LogP contribution in [0.3, 0.4) is 0 Å². The van der Waals surface area contributed by atoms with Crippen molar-refractivity contribution in [3.05, 3.63) is 35.8 Å². The predicted octanol–water partition coefficient (Wildman–Crippen LogP) is 3.72. The molecule has 3 heterocycles. The Labute approximate surface area is 191 Å². The minimum absolute atomic E-state index is 0. The molecule has 1 aliphatic carbocycles. The van der Waals surface area contributed by atoms with Gasteiger partial charge in [0.25, 0.3) is 0 Å². The van der Waals surface area contributed by atoms with E-state index in [0.29, 0.717) is 12.6 Å². The van der Waals surface area contributed by atoms with Crippen LogP contribution in [-0.4, -0.2) is 52.5 Å². The lowest BCUT2D eigenvalue weighted by atomic mass is 9.92. The van der Waals surface area contributed by atoms with Gasteiger partial charge in [0.05, 0.1) is 12.2 Å². The Morgan fingerprint density at radius 2 is 1.90 bits per heavy atom. The number of imidazole rings is 1. The molecular formula is C22H35IN6. The topological polar surface area (TPSA) is 57.0 Å². The first kappa shape index (κ1) is 22.3. The van der Waals surface area contributed by atoms with Crippen molar-refractivity contribution in [1.82, 2.24) is 24.9 Å². The predicted molar refractivity (Wildman–Crippen MR) is 130 cm³/mol. The van der Waals surface area contributed by atoms with Crippen molar-refractivity contribution in [2.24, 2.45) is 4.99 Å². The highest BCUT2D eigenvalue weighted by Crippen LogP contribution is 2.25. The maximum atomic E-state index is 4.70. The van der Waals surface area contributed by atoms with Gasteiger partial charge in [-0.3, -0.25) is 4.99 Å². The number of hydrogen-bond donors (Lipinski definition) is 2. The van der Waals surface area contributed by atoms with Gasteiger partial charge in [-0.2, -0.15) is 0 Å². The van der Waals surface area contributed by atoms with Crippen molar-refractivity contribution in [3.63, 3.8) is 0 Å². The van der Waals surface area contributed by atoms with Crippen LogP contribution in [-0.2, 0) is 6.54 Å². The first-order valence-corrected chi connectivity index (χ1v) is 10.9. The third-order valence-corrected chi connectivity index (χ3v) is 6.37. The molecule has 0 radical (unpaired) electrons. The summed E-state index contributed by atoms with van der Waals surface area (Å²) in [4.78, 5) is 11.9. The van der Waals surface area contributed by atoms with Gasteiger partial charge in [-0.25, -0.2) is 4.98 Å². The second-order valence-corrected chi connectivity index (χ2v) is 8.30. The van der Waals surface area contributed by atoms with E-state index >= 15 is 0 Å². The molecule has 0 aromatic carbocycles. The first-order chi connectivity index (χ1) is 13.7. The van der Waals surface area contributed by atoms with Gasteiger partial charge in [0.2, 0.25) is 0 Å². The summed E-state index contributed by atoms with van der Waals surface area (Å²) >= 11 is 0. The van der Waals surface area contributed by atoms with E-state index in [-0.39, 0.29) is 24.0 Å². The van der Waals surface area contributed by atoms with Crippen molar-refractivity contribution in [3.8, 4) is 0 Å². The number of aromatic nitrogens is 2. The Hall–Kier alpha value is -1.35. The molecule has 0 unspecified atom stereocenters. The van der Waals surface area contributed by atoms with E-state index in [1.54, 1.807) is 0 Å². The summed E-state index contributed by atoms with van der Waals surface area (Å²) in [6, 6.07) is 7.55. The van der Waals surface area contributed by atoms with E-state index in [1.165, 1.54) is 63.7 Å². The fourth-order valence-electron chi connectivity index (χ4n) is 4.70. The van der Waals surface area contributed by atoms with Gasteiger partial charge in [0, 0.05) is 44.1 Å². The van der Waals surface area contributed by atoms with Crippen molar-refractivity contribution in [1.29, 1.82) is 0 Å². The maximum absolute atomic E-state index is 4.70. The molecule has 0 bridgehead atoms. The van der Waals surface area contributed by atoms with Gasteiger partial charge < -0.3 is 19.9 Å². The zero-order valence-electron chi connectivity index (χ0n) is 17.7. The number of aliphatic imine (C=N–C) groups is 1. The first-order valence-electron chi connectivity index (χ1n) is 10.9. The Bertz CT molecular complexity index is 803. The molecule has 1 aliphatic heterocycles. The summed E-state index contributed by atoms with van der Waals surface area (Å²) in [5.74, 6) is 0.880. The van der Waals surface area contributed by atoms with Crippen LogP contribution < -0.4 is 10.6 Å². The van der Waals surface area contributed by atoms with Gasteiger partial charge >= 0.3 is 0 Å². The molecule has 160 valence electrons. The third kappa shape index (κ3) is 5.63. The summed E-state index contributed by atoms with van der Waals surface area (Å²) in [6.45, 7) is 5.21. The van der Waals surface area contributed by atoms with E-state index in [1.807, 2.05) is 13.1 Å². The quantitative estimate of drug-likeness (QED) is 0.374. The highest BCUT2D eigenvalue weighted by atomic mass is 127. The molecule has 7 heteroatoms. The second-order valence-electron chi connectivity index (χ2n) is 8.30. The summed E-state index contributed by atoms with van der Waals surface area (Å²) < 4.78 is 2.13. The van der Waals surface area contributed by atoms with Crippen molar-refractivity contribution < 1.29 is 0 Å². The molecule has 4 rings (SSSR count). The molecular weight excluding hydrogens is 475 g/mol. The van der Waals surface area contributed by atoms with Crippen LogP contribution in [0.15, 0.2) is 29.4 Å². The molecule has 6 nitrogen and oxygen atoms in total. The number of aryl methyl sites for hydroxylation is 1. The zero-order chi connectivity index (χ0) is 19.3. The molecule has 2 aromatic heterocycles. The molecule has 2 aromatic rings. The number of likely N-dealkylation sites (tertiary alicyclic amines) is 1. The van der Waals surface area contributed by atoms with Crippen LogP contribution >= 0.6 is 24.0 Å². The Kier molecular flexibility index (Phi) is 8.17. The summed E-state index contributed by atoms with van der Waals surface area (Å²) in [5, 5.41) is 7.06. The number of guanidine groups is 1. The molecule has 2 aliphatic rings. The average Bonchev–Trinajstić information content (AvgIpc) is 3.17. The third-order valence-electron chi connectivity index (χ3n) is 6.37. The van der Waals surface area contributed by atoms with E-state index < -0.39 is 0 Å². The lowest BCUT2D eigenvalue weighted by molar-refractivity contribution is 0.119. The molecule has 0 atom stereocenters. The van der Waals surface area contributed by atoms with Gasteiger partial charge in [0.15, 0.2) is 5.96 Å². The SMILES string of the molecule is CN=C(NCc1cn2c(C)cccc2n1)NC1CCN(C2CCCCC2)CC1.I. The van der Waals surface area contributed by atoms with Gasteiger partial charge in [-0.15, -0.1) is 24.0 Å². The standard InChI is InChI=1S/C22H34N6.HI/c1-17-7-6-10-21-25-19(16-28(17)21)15-24-22(23-2)26-18-11-13-27(14-12-18)20-8-4-3-5-9-20;/h6-7,10,16,18,20H,3-5,8-9,11-15H2,1-2H3,(H2,23,24,26);1H. The number of pyridine rings is 1. The van der Waals surface area contributed by atoms with Crippen LogP contribution in [0, 0.1) is 6.92 Å². The van der Waals surface area contributed by atoms with E-state index in [4.69, 9.17) is 4.98 Å². The highest BCUT2D eigenvalue weighted by Gasteiger charge is 2.26. The fourth-order valence-corrected chi connectivity index (χ4v) is 4.70. The van der Waals surface area contributed by atoms with Gasteiger partial charge in [0.1, 0.15) is 5.65 Å². The highest BCUT2D eigenvalue weighted by molar-refractivity contribution is 14.0. The number of piperidine rings is 1. The molecule has 29 heavy (non-hydrogen) atoms. The minimum atomic E-state index is 0. The van der Waals surface area contributed by atoms with Crippen LogP contribution in [0.5, 0.6) is 0 Å². The summed E-state index contributed by atoms with van der Waals surface area (Å²) in [7, 11) is 1.85. The number of halogens is 1. The number of hydrogen-bond acceptors (Lipinski definition) is 3. The maximum Gasteiger partial charge on any atom is 0.191 e. The Balaban J connectivity index is 0.00000240. The van der Waals surface area contributed by atoms with Gasteiger partial charge in [-0.05, 0) is 44.7 Å².